The van der Waals surface area contributed by atoms with Crippen molar-refractivity contribution in [2.45, 2.75) is 32.2 Å². The first kappa shape index (κ1) is 12.0. The van der Waals surface area contributed by atoms with Crippen molar-refractivity contribution < 1.29 is 4.42 Å². The van der Waals surface area contributed by atoms with Crippen molar-refractivity contribution in [3.8, 4) is 0 Å². The van der Waals surface area contributed by atoms with Crippen molar-refractivity contribution in [2.75, 3.05) is 5.32 Å². The second kappa shape index (κ2) is 4.63. The second-order valence-electron chi connectivity index (χ2n) is 5.30. The number of nitrogens with one attached hydrogen (secondary N) is 1. The normalized spacial score (nSPS) is 18.1. The maximum Gasteiger partial charge on any atom is 0.109 e. The fourth-order valence-electron chi connectivity index (χ4n) is 2.97. The van der Waals surface area contributed by atoms with Gasteiger partial charge in [0.1, 0.15) is 5.76 Å². The van der Waals surface area contributed by atoms with Gasteiger partial charge in [0.05, 0.1) is 27.5 Å². The molecule has 102 valence electrons. The number of benzene rings is 1. The third-order valence-corrected chi connectivity index (χ3v) is 4.82. The maximum atomic E-state index is 5.55. The molecule has 4 rings (SSSR count). The molecule has 2 heterocycles. The van der Waals surface area contributed by atoms with Crippen molar-refractivity contribution in [1.82, 2.24) is 4.98 Å². The summed E-state index contributed by atoms with van der Waals surface area (Å²) in [6.07, 6.45) is 5.21. The van der Waals surface area contributed by atoms with Crippen LogP contribution >= 0.6 is 11.3 Å². The summed E-state index contributed by atoms with van der Waals surface area (Å²) < 4.78 is 6.80. The molecular formula is C16H16N2OS. The van der Waals surface area contributed by atoms with E-state index in [2.05, 4.69) is 41.5 Å². The van der Waals surface area contributed by atoms with E-state index in [1.807, 2.05) is 0 Å². The first-order valence-corrected chi connectivity index (χ1v) is 7.81. The summed E-state index contributed by atoms with van der Waals surface area (Å²) in [6.45, 7) is 2.05. The average molecular weight is 284 g/mol. The van der Waals surface area contributed by atoms with Gasteiger partial charge in [0.25, 0.3) is 0 Å². The van der Waals surface area contributed by atoms with E-state index in [1.54, 1.807) is 17.6 Å². The number of aryl methyl sites for hydroxylation is 2. The fraction of sp³-hybridized carbons (Fsp3) is 0.312. The number of hydrogen-bond donors (Lipinski definition) is 1. The number of aromatic nitrogens is 1. The Morgan fingerprint density at radius 3 is 3.25 bits per heavy atom. The molecular weight excluding hydrogens is 268 g/mol. The smallest absolute Gasteiger partial charge is 0.109 e. The van der Waals surface area contributed by atoms with Gasteiger partial charge < -0.3 is 9.73 Å². The predicted molar refractivity (Wildman–Crippen MR) is 82.4 cm³/mol. The topological polar surface area (TPSA) is 38.1 Å². The summed E-state index contributed by atoms with van der Waals surface area (Å²) in [5, 5.41) is 4.76. The number of anilines is 1. The summed E-state index contributed by atoms with van der Waals surface area (Å²) in [7, 11) is 0. The van der Waals surface area contributed by atoms with Crippen LogP contribution in [-0.4, -0.2) is 4.98 Å². The molecule has 3 nitrogen and oxygen atoms in total. The van der Waals surface area contributed by atoms with Crippen molar-refractivity contribution in [1.29, 1.82) is 0 Å². The number of nitrogens with zero attached hydrogens (tertiary/aromatic N) is 1. The van der Waals surface area contributed by atoms with Gasteiger partial charge in [0, 0.05) is 17.7 Å². The van der Waals surface area contributed by atoms with Gasteiger partial charge in [-0.15, -0.1) is 11.3 Å². The Hall–Kier alpha value is -1.81. The highest BCUT2D eigenvalue weighted by atomic mass is 32.1. The van der Waals surface area contributed by atoms with Gasteiger partial charge >= 0.3 is 0 Å². The average Bonchev–Trinajstić information content (AvgIpc) is 3.03. The van der Waals surface area contributed by atoms with Crippen molar-refractivity contribution in [2.24, 2.45) is 0 Å². The highest BCUT2D eigenvalue weighted by Gasteiger charge is 2.22. The molecule has 0 amide bonds. The zero-order valence-electron chi connectivity index (χ0n) is 11.3. The Kier molecular flexibility index (Phi) is 2.77. The molecule has 0 radical (unpaired) electrons. The molecule has 0 aliphatic heterocycles. The first-order valence-electron chi connectivity index (χ1n) is 6.99. The molecule has 3 aromatic rings. The standard InChI is InChI=1S/C16H16N2OS/c1-10-17-14-6-5-11(9-16(14)20-10)18-13-3-2-4-15-12(13)7-8-19-15/h5-9,13,18H,2-4H2,1H3. The lowest BCUT2D eigenvalue weighted by molar-refractivity contribution is 0.461. The molecule has 1 aliphatic rings. The van der Waals surface area contributed by atoms with E-state index in [0.29, 0.717) is 6.04 Å². The number of rotatable bonds is 2. The lowest BCUT2D eigenvalue weighted by atomic mass is 9.93. The maximum absolute atomic E-state index is 5.55. The van der Waals surface area contributed by atoms with Crippen LogP contribution in [0.2, 0.25) is 0 Å². The van der Waals surface area contributed by atoms with E-state index in [-0.39, 0.29) is 0 Å². The molecule has 0 fully saturated rings. The minimum Gasteiger partial charge on any atom is -0.469 e. The monoisotopic (exact) mass is 284 g/mol. The van der Waals surface area contributed by atoms with Crippen molar-refractivity contribution in [3.63, 3.8) is 0 Å². The molecule has 20 heavy (non-hydrogen) atoms. The van der Waals surface area contributed by atoms with E-state index in [1.165, 1.54) is 22.4 Å². The van der Waals surface area contributed by atoms with Gasteiger partial charge in [-0.2, -0.15) is 0 Å². The van der Waals surface area contributed by atoms with Gasteiger partial charge in [-0.3, -0.25) is 0 Å². The highest BCUT2D eigenvalue weighted by molar-refractivity contribution is 7.18. The highest BCUT2D eigenvalue weighted by Crippen LogP contribution is 2.34. The first-order chi connectivity index (χ1) is 9.79. The van der Waals surface area contributed by atoms with Crippen LogP contribution in [0.5, 0.6) is 0 Å². The predicted octanol–water partition coefficient (Wildman–Crippen LogP) is 4.69. The van der Waals surface area contributed by atoms with E-state index in [0.717, 1.165) is 29.1 Å². The lowest BCUT2D eigenvalue weighted by Gasteiger charge is -2.23. The number of hydrogen-bond acceptors (Lipinski definition) is 4. The van der Waals surface area contributed by atoms with Gasteiger partial charge in [-0.1, -0.05) is 0 Å². The van der Waals surface area contributed by atoms with Crippen LogP contribution < -0.4 is 5.32 Å². The van der Waals surface area contributed by atoms with Gasteiger partial charge in [0.15, 0.2) is 0 Å². The molecule has 1 aliphatic carbocycles. The molecule has 1 N–H and O–H groups in total. The fourth-order valence-corrected chi connectivity index (χ4v) is 3.83. The van der Waals surface area contributed by atoms with Gasteiger partial charge in [-0.25, -0.2) is 4.98 Å². The van der Waals surface area contributed by atoms with Crippen molar-refractivity contribution in [3.05, 3.63) is 46.9 Å². The third kappa shape index (κ3) is 2.00. The SMILES string of the molecule is Cc1nc2ccc(NC3CCCc4occc43)cc2s1. The molecule has 1 atom stereocenters. The van der Waals surface area contributed by atoms with Crippen LogP contribution in [0, 0.1) is 6.92 Å². The van der Waals surface area contributed by atoms with Crippen LogP contribution in [0.3, 0.4) is 0 Å². The molecule has 1 aromatic carbocycles. The molecule has 0 bridgehead atoms. The zero-order chi connectivity index (χ0) is 13.5. The van der Waals surface area contributed by atoms with Crippen LogP contribution in [0.15, 0.2) is 34.9 Å². The summed E-state index contributed by atoms with van der Waals surface area (Å²) in [5.74, 6) is 1.14. The Bertz CT molecular complexity index is 759. The quantitative estimate of drug-likeness (QED) is 0.742. The Morgan fingerprint density at radius 2 is 2.30 bits per heavy atom. The number of furan rings is 1. The largest absolute Gasteiger partial charge is 0.469 e. The van der Waals surface area contributed by atoms with E-state index in [9.17, 15) is 0 Å². The number of fused-ring (bicyclic) bond motifs is 2. The minimum absolute atomic E-state index is 0.365. The molecule has 4 heteroatoms. The third-order valence-electron chi connectivity index (χ3n) is 3.89. The van der Waals surface area contributed by atoms with Crippen molar-refractivity contribution >= 4 is 27.2 Å². The lowest BCUT2D eigenvalue weighted by Crippen LogP contribution is -2.15. The van der Waals surface area contributed by atoms with E-state index >= 15 is 0 Å². The molecule has 0 spiro atoms. The molecule has 0 saturated heterocycles. The van der Waals surface area contributed by atoms with Crippen LogP contribution in [0.1, 0.15) is 35.2 Å². The summed E-state index contributed by atoms with van der Waals surface area (Å²) >= 11 is 1.75. The molecule has 1 unspecified atom stereocenters. The van der Waals surface area contributed by atoms with Crippen LogP contribution in [0.4, 0.5) is 5.69 Å². The van der Waals surface area contributed by atoms with E-state index < -0.39 is 0 Å². The van der Waals surface area contributed by atoms with Crippen LogP contribution in [-0.2, 0) is 6.42 Å². The number of thiazole rings is 1. The molecule has 2 aromatic heterocycles. The zero-order valence-corrected chi connectivity index (χ0v) is 12.2. The summed E-state index contributed by atoms with van der Waals surface area (Å²) in [4.78, 5) is 4.50. The Labute approximate surface area is 121 Å². The van der Waals surface area contributed by atoms with E-state index in [4.69, 9.17) is 4.42 Å². The molecule has 0 saturated carbocycles. The van der Waals surface area contributed by atoms with Crippen LogP contribution in [0.25, 0.3) is 10.2 Å². The minimum atomic E-state index is 0.365. The van der Waals surface area contributed by atoms with Gasteiger partial charge in [0.2, 0.25) is 0 Å². The van der Waals surface area contributed by atoms with Gasteiger partial charge in [-0.05, 0) is 44.0 Å². The Balaban J connectivity index is 1.65. The second-order valence-corrected chi connectivity index (χ2v) is 6.54. The summed E-state index contributed by atoms with van der Waals surface area (Å²) in [6, 6.07) is 8.88. The Morgan fingerprint density at radius 1 is 1.35 bits per heavy atom. The summed E-state index contributed by atoms with van der Waals surface area (Å²) in [5.41, 5.74) is 3.57.